The second-order valence-electron chi connectivity index (χ2n) is 2.70. The van der Waals surface area contributed by atoms with Crippen LogP contribution in [0.2, 0.25) is 0 Å². The molecular weight excluding hydrogens is 148 g/mol. The molecule has 1 fully saturated rings. The first-order valence-electron chi connectivity index (χ1n) is 3.90. The average molecular weight is 162 g/mol. The predicted octanol–water partition coefficient (Wildman–Crippen LogP) is -0.160. The SMILES string of the molecule is OCC[C@@H]1C[C@H](CCO)OO1. The number of aliphatic hydroxyl groups is 2. The first-order chi connectivity index (χ1) is 5.36. The van der Waals surface area contributed by atoms with Gasteiger partial charge in [-0.15, -0.1) is 0 Å². The van der Waals surface area contributed by atoms with Crippen LogP contribution in [0.3, 0.4) is 0 Å². The van der Waals surface area contributed by atoms with Crippen LogP contribution in [0.5, 0.6) is 0 Å². The molecule has 0 bridgehead atoms. The molecule has 0 aliphatic carbocycles. The summed E-state index contributed by atoms with van der Waals surface area (Å²) in [6.07, 6.45) is 2.03. The lowest BCUT2D eigenvalue weighted by Crippen LogP contribution is -2.10. The Morgan fingerprint density at radius 3 is 1.82 bits per heavy atom. The Morgan fingerprint density at radius 1 is 1.00 bits per heavy atom. The Hall–Kier alpha value is -0.160. The van der Waals surface area contributed by atoms with Crippen molar-refractivity contribution in [3.63, 3.8) is 0 Å². The standard InChI is InChI=1S/C7H14O4/c8-3-1-6-5-7(2-4-9)11-10-6/h6-9H,1-5H2/t6-,7+. The van der Waals surface area contributed by atoms with Crippen LogP contribution in [0.4, 0.5) is 0 Å². The molecule has 1 rings (SSSR count). The summed E-state index contributed by atoms with van der Waals surface area (Å²) < 4.78 is 0. The molecule has 11 heavy (non-hydrogen) atoms. The summed E-state index contributed by atoms with van der Waals surface area (Å²) in [4.78, 5) is 9.77. The number of hydrogen-bond acceptors (Lipinski definition) is 4. The van der Waals surface area contributed by atoms with Crippen molar-refractivity contribution in [1.29, 1.82) is 0 Å². The summed E-state index contributed by atoms with van der Waals surface area (Å²) >= 11 is 0. The van der Waals surface area contributed by atoms with Crippen LogP contribution in [-0.4, -0.2) is 35.6 Å². The van der Waals surface area contributed by atoms with E-state index in [-0.39, 0.29) is 25.4 Å². The highest BCUT2D eigenvalue weighted by molar-refractivity contribution is 4.68. The maximum atomic E-state index is 8.56. The average Bonchev–Trinajstić information content (AvgIpc) is 2.38. The zero-order valence-electron chi connectivity index (χ0n) is 6.40. The van der Waals surface area contributed by atoms with Crippen LogP contribution in [0.25, 0.3) is 0 Å². The van der Waals surface area contributed by atoms with Gasteiger partial charge >= 0.3 is 0 Å². The maximum absolute atomic E-state index is 8.56. The van der Waals surface area contributed by atoms with Gasteiger partial charge in [-0.1, -0.05) is 0 Å². The van der Waals surface area contributed by atoms with Crippen molar-refractivity contribution in [2.24, 2.45) is 0 Å². The molecule has 2 atom stereocenters. The van der Waals surface area contributed by atoms with Crippen molar-refractivity contribution >= 4 is 0 Å². The fourth-order valence-electron chi connectivity index (χ4n) is 1.15. The normalized spacial score (nSPS) is 31.1. The summed E-state index contributed by atoms with van der Waals surface area (Å²) in [6, 6.07) is 0. The van der Waals surface area contributed by atoms with Crippen molar-refractivity contribution in [3.05, 3.63) is 0 Å². The molecular formula is C7H14O4. The molecule has 4 heteroatoms. The van der Waals surface area contributed by atoms with Crippen LogP contribution in [0.15, 0.2) is 0 Å². The highest BCUT2D eigenvalue weighted by Gasteiger charge is 2.26. The summed E-state index contributed by atoms with van der Waals surface area (Å²) in [5.41, 5.74) is 0. The predicted molar refractivity (Wildman–Crippen MR) is 37.8 cm³/mol. The largest absolute Gasteiger partial charge is 0.396 e. The topological polar surface area (TPSA) is 58.9 Å². The molecule has 66 valence electrons. The van der Waals surface area contributed by atoms with Crippen molar-refractivity contribution in [1.82, 2.24) is 0 Å². The van der Waals surface area contributed by atoms with Gasteiger partial charge in [0.15, 0.2) is 0 Å². The molecule has 0 aromatic rings. The Bertz CT molecular complexity index is 94.6. The van der Waals surface area contributed by atoms with Gasteiger partial charge in [0.2, 0.25) is 0 Å². The monoisotopic (exact) mass is 162 g/mol. The summed E-state index contributed by atoms with van der Waals surface area (Å²) in [5.74, 6) is 0. The highest BCUT2D eigenvalue weighted by atomic mass is 17.2. The molecule has 2 N–H and O–H groups in total. The van der Waals surface area contributed by atoms with E-state index >= 15 is 0 Å². The second-order valence-corrected chi connectivity index (χ2v) is 2.70. The smallest absolute Gasteiger partial charge is 0.0977 e. The van der Waals surface area contributed by atoms with E-state index < -0.39 is 0 Å². The van der Waals surface area contributed by atoms with Crippen LogP contribution < -0.4 is 0 Å². The van der Waals surface area contributed by atoms with E-state index in [1.54, 1.807) is 0 Å². The Kier molecular flexibility index (Phi) is 3.79. The molecule has 1 aliphatic rings. The molecule has 0 unspecified atom stereocenters. The molecule has 0 aromatic carbocycles. The van der Waals surface area contributed by atoms with Gasteiger partial charge in [0.1, 0.15) is 0 Å². The quantitative estimate of drug-likeness (QED) is 0.564. The third-order valence-electron chi connectivity index (χ3n) is 1.76. The summed E-state index contributed by atoms with van der Waals surface area (Å²) in [5, 5.41) is 17.1. The van der Waals surface area contributed by atoms with Crippen LogP contribution in [0.1, 0.15) is 19.3 Å². The van der Waals surface area contributed by atoms with E-state index in [2.05, 4.69) is 0 Å². The zero-order valence-corrected chi connectivity index (χ0v) is 6.40. The van der Waals surface area contributed by atoms with Gasteiger partial charge in [-0.05, 0) is 12.8 Å². The molecule has 0 spiro atoms. The Labute approximate surface area is 65.7 Å². The zero-order chi connectivity index (χ0) is 8.10. The van der Waals surface area contributed by atoms with Crippen molar-refractivity contribution in [2.45, 2.75) is 31.5 Å². The van der Waals surface area contributed by atoms with Gasteiger partial charge in [-0.25, -0.2) is 9.78 Å². The van der Waals surface area contributed by atoms with E-state index in [4.69, 9.17) is 20.0 Å². The van der Waals surface area contributed by atoms with Gasteiger partial charge in [0.05, 0.1) is 12.2 Å². The number of aliphatic hydroxyl groups excluding tert-OH is 2. The molecule has 1 saturated heterocycles. The summed E-state index contributed by atoms with van der Waals surface area (Å²) in [6.45, 7) is 0.250. The van der Waals surface area contributed by atoms with E-state index in [1.807, 2.05) is 0 Å². The first kappa shape index (κ1) is 8.93. The van der Waals surface area contributed by atoms with Gasteiger partial charge in [0, 0.05) is 19.6 Å². The minimum Gasteiger partial charge on any atom is -0.396 e. The Morgan fingerprint density at radius 2 is 1.45 bits per heavy atom. The third-order valence-corrected chi connectivity index (χ3v) is 1.76. The maximum Gasteiger partial charge on any atom is 0.0977 e. The van der Waals surface area contributed by atoms with E-state index in [0.717, 1.165) is 6.42 Å². The molecule has 0 amide bonds. The first-order valence-corrected chi connectivity index (χ1v) is 3.90. The van der Waals surface area contributed by atoms with Crippen molar-refractivity contribution in [3.8, 4) is 0 Å². The molecule has 0 saturated carbocycles. The molecule has 0 aromatic heterocycles. The molecule has 1 heterocycles. The number of hydrogen-bond donors (Lipinski definition) is 2. The van der Waals surface area contributed by atoms with Crippen LogP contribution >= 0.6 is 0 Å². The molecule has 4 nitrogen and oxygen atoms in total. The van der Waals surface area contributed by atoms with Gasteiger partial charge in [-0.3, -0.25) is 0 Å². The van der Waals surface area contributed by atoms with Gasteiger partial charge in [0.25, 0.3) is 0 Å². The third kappa shape index (κ3) is 2.75. The lowest BCUT2D eigenvalue weighted by molar-refractivity contribution is -0.299. The molecule has 0 radical (unpaired) electrons. The van der Waals surface area contributed by atoms with Crippen molar-refractivity contribution in [2.75, 3.05) is 13.2 Å². The minimum atomic E-state index is 0.0107. The second kappa shape index (κ2) is 4.66. The van der Waals surface area contributed by atoms with Gasteiger partial charge in [-0.2, -0.15) is 0 Å². The highest BCUT2D eigenvalue weighted by Crippen LogP contribution is 2.20. The van der Waals surface area contributed by atoms with Gasteiger partial charge < -0.3 is 10.2 Å². The lowest BCUT2D eigenvalue weighted by atomic mass is 10.1. The fourth-order valence-corrected chi connectivity index (χ4v) is 1.15. The van der Waals surface area contributed by atoms with E-state index in [1.165, 1.54) is 0 Å². The number of rotatable bonds is 4. The minimum absolute atomic E-state index is 0.0107. The summed E-state index contributed by atoms with van der Waals surface area (Å²) in [7, 11) is 0. The molecule has 1 aliphatic heterocycles. The fraction of sp³-hybridized carbons (Fsp3) is 1.00. The van der Waals surface area contributed by atoms with Crippen molar-refractivity contribution < 1.29 is 20.0 Å². The van der Waals surface area contributed by atoms with E-state index in [9.17, 15) is 0 Å². The van der Waals surface area contributed by atoms with Crippen LogP contribution in [0, 0.1) is 0 Å². The Balaban J connectivity index is 2.12. The van der Waals surface area contributed by atoms with E-state index in [0.29, 0.717) is 12.8 Å². The lowest BCUT2D eigenvalue weighted by Gasteiger charge is -2.01. The van der Waals surface area contributed by atoms with Crippen LogP contribution in [-0.2, 0) is 9.78 Å².